The zero-order valence-electron chi connectivity index (χ0n) is 15.2. The molecule has 0 spiro atoms. The molecule has 0 aromatic heterocycles. The predicted octanol–water partition coefficient (Wildman–Crippen LogP) is 3.35. The lowest BCUT2D eigenvalue weighted by atomic mass is 9.87. The highest BCUT2D eigenvalue weighted by Crippen LogP contribution is 2.43. The normalized spacial score (nSPS) is 23.6. The Hall–Kier alpha value is -2.11. The zero-order chi connectivity index (χ0) is 18.1. The van der Waals surface area contributed by atoms with E-state index in [2.05, 4.69) is 24.4 Å². The van der Waals surface area contributed by atoms with Gasteiger partial charge in [-0.1, -0.05) is 24.3 Å². The lowest BCUT2D eigenvalue weighted by Crippen LogP contribution is -2.37. The van der Waals surface area contributed by atoms with Crippen molar-refractivity contribution in [3.05, 3.63) is 65.5 Å². The summed E-state index contributed by atoms with van der Waals surface area (Å²) in [6.07, 6.45) is 0. The second kappa shape index (κ2) is 8.28. The van der Waals surface area contributed by atoms with E-state index in [1.165, 1.54) is 23.3 Å². The van der Waals surface area contributed by atoms with Crippen LogP contribution in [0.25, 0.3) is 0 Å². The minimum Gasteiger partial charge on any atom is -0.484 e. The van der Waals surface area contributed by atoms with Gasteiger partial charge in [-0.15, -0.1) is 12.4 Å². The average molecular weight is 391 g/mol. The van der Waals surface area contributed by atoms with Crippen molar-refractivity contribution in [2.45, 2.75) is 13.0 Å². The number of likely N-dealkylation sites (tertiary alicyclic amines) is 1. The predicted molar refractivity (Wildman–Crippen MR) is 105 cm³/mol. The van der Waals surface area contributed by atoms with Gasteiger partial charge in [0.05, 0.1) is 6.04 Å². The number of fused-ring (bicyclic) bond motifs is 1. The largest absolute Gasteiger partial charge is 0.484 e. The molecule has 144 valence electrons. The molecule has 4 rings (SSSR count). The van der Waals surface area contributed by atoms with Crippen molar-refractivity contribution in [2.75, 3.05) is 26.2 Å². The summed E-state index contributed by atoms with van der Waals surface area (Å²) >= 11 is 0. The molecule has 1 N–H and O–H groups in total. The summed E-state index contributed by atoms with van der Waals surface area (Å²) in [6, 6.07) is 14.1. The molecule has 27 heavy (non-hydrogen) atoms. The number of amides is 1. The van der Waals surface area contributed by atoms with Crippen LogP contribution in [0.15, 0.2) is 48.5 Å². The van der Waals surface area contributed by atoms with E-state index in [4.69, 9.17) is 4.74 Å². The quantitative estimate of drug-likeness (QED) is 0.870. The number of nitrogens with zero attached hydrogens (tertiary/aromatic N) is 1. The standard InChI is InChI=1S/C21H23FN2O2.ClH/c1-14-4-2-3-5-18(14)21-19-11-23-10-15(19)12-24(21)20(25)13-26-17-8-6-16(22)7-9-17;/h2-9,15,19,21,23H,10-13H2,1H3;1H/t15-,19-,21-;/m0./s1. The highest BCUT2D eigenvalue weighted by Gasteiger charge is 2.47. The van der Waals surface area contributed by atoms with E-state index in [1.807, 2.05) is 17.0 Å². The van der Waals surface area contributed by atoms with E-state index in [9.17, 15) is 9.18 Å². The number of ether oxygens (including phenoxy) is 1. The number of aryl methyl sites for hydroxylation is 1. The first-order chi connectivity index (χ1) is 12.6. The van der Waals surface area contributed by atoms with Crippen LogP contribution < -0.4 is 10.1 Å². The Bertz CT molecular complexity index is 799. The van der Waals surface area contributed by atoms with Crippen LogP contribution in [0, 0.1) is 24.6 Å². The second-order valence-corrected chi connectivity index (χ2v) is 7.17. The van der Waals surface area contributed by atoms with E-state index in [1.54, 1.807) is 12.1 Å². The van der Waals surface area contributed by atoms with Crippen LogP contribution in [0.2, 0.25) is 0 Å². The molecule has 2 saturated heterocycles. The highest BCUT2D eigenvalue weighted by atomic mass is 35.5. The molecule has 3 atom stereocenters. The third-order valence-electron chi connectivity index (χ3n) is 5.57. The molecule has 2 aliphatic heterocycles. The Morgan fingerprint density at radius 2 is 1.93 bits per heavy atom. The molecule has 0 aliphatic carbocycles. The number of benzene rings is 2. The molecule has 2 aromatic rings. The smallest absolute Gasteiger partial charge is 0.261 e. The summed E-state index contributed by atoms with van der Waals surface area (Å²) in [5.41, 5.74) is 2.43. The molecular weight excluding hydrogens is 367 g/mol. The molecular formula is C21H24ClFN2O2. The molecule has 0 bridgehead atoms. The Labute approximate surface area is 165 Å². The van der Waals surface area contributed by atoms with Crippen LogP contribution in [0.4, 0.5) is 4.39 Å². The fourth-order valence-electron chi connectivity index (χ4n) is 4.25. The van der Waals surface area contributed by atoms with Crippen LogP contribution in [-0.2, 0) is 4.79 Å². The fraction of sp³-hybridized carbons (Fsp3) is 0.381. The van der Waals surface area contributed by atoms with Gasteiger partial charge in [-0.25, -0.2) is 4.39 Å². The van der Waals surface area contributed by atoms with Crippen molar-refractivity contribution in [1.29, 1.82) is 0 Å². The Morgan fingerprint density at radius 3 is 2.67 bits per heavy atom. The van der Waals surface area contributed by atoms with Crippen molar-refractivity contribution < 1.29 is 13.9 Å². The maximum absolute atomic E-state index is 13.0. The zero-order valence-corrected chi connectivity index (χ0v) is 16.0. The monoisotopic (exact) mass is 390 g/mol. The second-order valence-electron chi connectivity index (χ2n) is 7.17. The summed E-state index contributed by atoms with van der Waals surface area (Å²) in [6.45, 7) is 4.72. The first-order valence-corrected chi connectivity index (χ1v) is 9.07. The van der Waals surface area contributed by atoms with Crippen molar-refractivity contribution in [3.8, 4) is 5.75 Å². The van der Waals surface area contributed by atoms with E-state index >= 15 is 0 Å². The van der Waals surface area contributed by atoms with Gasteiger partial charge in [0.2, 0.25) is 0 Å². The van der Waals surface area contributed by atoms with Crippen LogP contribution in [0.3, 0.4) is 0 Å². The van der Waals surface area contributed by atoms with E-state index in [0.717, 1.165) is 19.6 Å². The first-order valence-electron chi connectivity index (χ1n) is 9.07. The molecule has 2 heterocycles. The molecule has 0 saturated carbocycles. The van der Waals surface area contributed by atoms with Crippen LogP contribution in [0.1, 0.15) is 17.2 Å². The lowest BCUT2D eigenvalue weighted by Gasteiger charge is -2.29. The molecule has 2 aromatic carbocycles. The molecule has 1 amide bonds. The summed E-state index contributed by atoms with van der Waals surface area (Å²) in [5, 5.41) is 3.46. The first kappa shape index (κ1) is 19.6. The lowest BCUT2D eigenvalue weighted by molar-refractivity contribution is -0.134. The molecule has 2 fully saturated rings. The number of nitrogens with one attached hydrogen (secondary N) is 1. The van der Waals surface area contributed by atoms with Gasteiger partial charge in [0.1, 0.15) is 11.6 Å². The number of rotatable bonds is 4. The van der Waals surface area contributed by atoms with Crippen molar-refractivity contribution in [2.24, 2.45) is 11.8 Å². The maximum atomic E-state index is 13.0. The fourth-order valence-corrected chi connectivity index (χ4v) is 4.25. The molecule has 4 nitrogen and oxygen atoms in total. The van der Waals surface area contributed by atoms with Crippen molar-refractivity contribution >= 4 is 18.3 Å². The minimum absolute atomic E-state index is 0. The van der Waals surface area contributed by atoms with Gasteiger partial charge in [-0.05, 0) is 48.2 Å². The number of hydrogen-bond acceptors (Lipinski definition) is 3. The van der Waals surface area contributed by atoms with Gasteiger partial charge in [-0.3, -0.25) is 4.79 Å². The van der Waals surface area contributed by atoms with E-state index in [0.29, 0.717) is 17.6 Å². The van der Waals surface area contributed by atoms with Gasteiger partial charge in [0, 0.05) is 25.6 Å². The van der Waals surface area contributed by atoms with Crippen LogP contribution >= 0.6 is 12.4 Å². The minimum atomic E-state index is -0.317. The molecule has 2 aliphatic rings. The number of carbonyl (C=O) groups excluding carboxylic acids is 1. The Morgan fingerprint density at radius 1 is 1.19 bits per heavy atom. The van der Waals surface area contributed by atoms with Gasteiger partial charge in [-0.2, -0.15) is 0 Å². The number of hydrogen-bond donors (Lipinski definition) is 1. The Balaban J connectivity index is 0.00000210. The topological polar surface area (TPSA) is 41.6 Å². The number of halogens is 2. The van der Waals surface area contributed by atoms with Gasteiger partial charge in [0.15, 0.2) is 6.61 Å². The highest BCUT2D eigenvalue weighted by molar-refractivity contribution is 5.85. The van der Waals surface area contributed by atoms with E-state index < -0.39 is 0 Å². The van der Waals surface area contributed by atoms with Crippen molar-refractivity contribution in [1.82, 2.24) is 10.2 Å². The van der Waals surface area contributed by atoms with Gasteiger partial charge in [0.25, 0.3) is 5.91 Å². The van der Waals surface area contributed by atoms with Crippen molar-refractivity contribution in [3.63, 3.8) is 0 Å². The summed E-state index contributed by atoms with van der Waals surface area (Å²) in [5.74, 6) is 1.09. The maximum Gasteiger partial charge on any atom is 0.261 e. The molecule has 0 radical (unpaired) electrons. The van der Waals surface area contributed by atoms with Gasteiger partial charge >= 0.3 is 0 Å². The summed E-state index contributed by atoms with van der Waals surface area (Å²) in [7, 11) is 0. The third kappa shape index (κ3) is 3.94. The summed E-state index contributed by atoms with van der Waals surface area (Å²) < 4.78 is 18.6. The van der Waals surface area contributed by atoms with E-state index in [-0.39, 0.29) is 36.8 Å². The summed E-state index contributed by atoms with van der Waals surface area (Å²) in [4.78, 5) is 14.9. The Kier molecular flexibility index (Phi) is 6.02. The van der Waals surface area contributed by atoms with Crippen LogP contribution in [0.5, 0.6) is 5.75 Å². The number of carbonyl (C=O) groups is 1. The third-order valence-corrected chi connectivity index (χ3v) is 5.57. The molecule has 0 unspecified atom stereocenters. The van der Waals surface area contributed by atoms with Gasteiger partial charge < -0.3 is 15.0 Å². The molecule has 6 heteroatoms. The van der Waals surface area contributed by atoms with Crippen LogP contribution in [-0.4, -0.2) is 37.0 Å². The average Bonchev–Trinajstić information content (AvgIpc) is 3.23. The SMILES string of the molecule is Cc1ccccc1[C@H]1[C@H]2CNC[C@H]2CN1C(=O)COc1ccc(F)cc1.Cl.